The van der Waals surface area contributed by atoms with Crippen molar-refractivity contribution in [3.63, 3.8) is 0 Å². The van der Waals surface area contributed by atoms with E-state index in [2.05, 4.69) is 20.9 Å². The van der Waals surface area contributed by atoms with Gasteiger partial charge in [0.25, 0.3) is 5.91 Å². The molecule has 3 N–H and O–H groups in total. The third-order valence-electron chi connectivity index (χ3n) is 4.88. The molecule has 1 aliphatic rings. The summed E-state index contributed by atoms with van der Waals surface area (Å²) in [5, 5.41) is 9.27. The Kier molecular flexibility index (Phi) is 8.31. The second-order valence-electron chi connectivity index (χ2n) is 7.39. The van der Waals surface area contributed by atoms with Crippen molar-refractivity contribution in [1.82, 2.24) is 20.9 Å². The molecule has 1 aromatic carbocycles. The minimum absolute atomic E-state index is 0.0869. The Morgan fingerprint density at radius 2 is 2.14 bits per heavy atom. The molecule has 0 aliphatic carbocycles. The second kappa shape index (κ2) is 10.5. The average molecular weight is 413 g/mol. The third-order valence-corrected chi connectivity index (χ3v) is 4.88. The third kappa shape index (κ3) is 7.92. The van der Waals surface area contributed by atoms with Gasteiger partial charge in [-0.15, -0.1) is 0 Å². The average Bonchev–Trinajstić information content (AvgIpc) is 3.10. The first-order valence-electron chi connectivity index (χ1n) is 9.86. The molecule has 2 unspecified atom stereocenters. The van der Waals surface area contributed by atoms with E-state index in [0.717, 1.165) is 12.0 Å². The zero-order chi connectivity index (χ0) is 21.4. The van der Waals surface area contributed by atoms with Gasteiger partial charge in [-0.25, -0.2) is 0 Å². The monoisotopic (exact) mass is 413 g/mol. The Labute approximate surface area is 169 Å². The highest BCUT2D eigenvalue weighted by Crippen LogP contribution is 2.19. The van der Waals surface area contributed by atoms with Gasteiger partial charge in [0.1, 0.15) is 0 Å². The predicted octanol–water partition coefficient (Wildman–Crippen LogP) is 2.52. The number of alkyl halides is 3. The van der Waals surface area contributed by atoms with E-state index in [1.54, 1.807) is 13.1 Å². The van der Waals surface area contributed by atoms with Crippen molar-refractivity contribution in [3.8, 4) is 0 Å². The van der Waals surface area contributed by atoms with Crippen molar-refractivity contribution in [2.75, 3.05) is 26.7 Å². The minimum atomic E-state index is -4.18. The second-order valence-corrected chi connectivity index (χ2v) is 7.39. The van der Waals surface area contributed by atoms with E-state index in [1.165, 1.54) is 4.90 Å². The van der Waals surface area contributed by atoms with E-state index in [1.807, 2.05) is 32.0 Å². The van der Waals surface area contributed by atoms with Gasteiger partial charge in [0.15, 0.2) is 5.96 Å². The van der Waals surface area contributed by atoms with Crippen LogP contribution in [0.5, 0.6) is 0 Å². The smallest absolute Gasteiger partial charge is 0.352 e. The van der Waals surface area contributed by atoms with Crippen molar-refractivity contribution in [2.45, 2.75) is 51.5 Å². The number of carbonyl (C=O) groups is 1. The maximum absolute atomic E-state index is 12.5. The number of nitrogens with zero attached hydrogens (tertiary/aromatic N) is 2. The Hall–Kier alpha value is -2.29. The number of nitrogens with one attached hydrogen (secondary N) is 3. The van der Waals surface area contributed by atoms with Crippen molar-refractivity contribution in [1.29, 1.82) is 0 Å². The number of rotatable bonds is 7. The Bertz CT molecular complexity index is 708. The Balaban J connectivity index is 1.85. The summed E-state index contributed by atoms with van der Waals surface area (Å²) in [6.07, 6.45) is -2.69. The van der Waals surface area contributed by atoms with Gasteiger partial charge >= 0.3 is 6.18 Å². The van der Waals surface area contributed by atoms with Crippen LogP contribution in [-0.2, 0) is 6.54 Å². The molecule has 1 heterocycles. The number of hydrogen-bond donors (Lipinski definition) is 3. The van der Waals surface area contributed by atoms with E-state index in [4.69, 9.17) is 0 Å². The van der Waals surface area contributed by atoms with Gasteiger partial charge in [0, 0.05) is 44.3 Å². The molecular weight excluding hydrogens is 383 g/mol. The molecule has 0 spiro atoms. The molecule has 2 rings (SSSR count). The highest BCUT2D eigenvalue weighted by atomic mass is 19.4. The van der Waals surface area contributed by atoms with Crippen LogP contribution in [0.4, 0.5) is 13.2 Å². The van der Waals surface area contributed by atoms with Crippen LogP contribution in [0.2, 0.25) is 0 Å². The SMILES string of the molecule is CCC(C)NC(=O)c1cccc(CNC(=NC)NC2CCN(CC(F)(F)F)C2)c1. The summed E-state index contributed by atoms with van der Waals surface area (Å²) in [6.45, 7) is 4.26. The summed E-state index contributed by atoms with van der Waals surface area (Å²) < 4.78 is 37.6. The summed E-state index contributed by atoms with van der Waals surface area (Å²) in [5.41, 5.74) is 1.50. The van der Waals surface area contributed by atoms with Gasteiger partial charge in [-0.2, -0.15) is 13.2 Å². The van der Waals surface area contributed by atoms with Crippen LogP contribution in [0.25, 0.3) is 0 Å². The first-order valence-corrected chi connectivity index (χ1v) is 9.86. The van der Waals surface area contributed by atoms with Crippen LogP contribution in [0.1, 0.15) is 42.6 Å². The maximum atomic E-state index is 12.5. The molecule has 6 nitrogen and oxygen atoms in total. The van der Waals surface area contributed by atoms with E-state index < -0.39 is 12.7 Å². The van der Waals surface area contributed by atoms with Gasteiger partial charge in [-0.1, -0.05) is 19.1 Å². The zero-order valence-corrected chi connectivity index (χ0v) is 17.1. The fourth-order valence-corrected chi connectivity index (χ4v) is 3.15. The fourth-order valence-electron chi connectivity index (χ4n) is 3.15. The molecule has 0 radical (unpaired) electrons. The van der Waals surface area contributed by atoms with Crippen molar-refractivity contribution >= 4 is 11.9 Å². The number of likely N-dealkylation sites (tertiary alicyclic amines) is 1. The number of halogens is 3. The van der Waals surface area contributed by atoms with E-state index >= 15 is 0 Å². The van der Waals surface area contributed by atoms with Crippen LogP contribution in [0, 0.1) is 0 Å². The van der Waals surface area contributed by atoms with Crippen LogP contribution in [-0.4, -0.2) is 61.7 Å². The van der Waals surface area contributed by atoms with Crippen molar-refractivity contribution in [2.24, 2.45) is 4.99 Å². The summed E-state index contributed by atoms with van der Waals surface area (Å²) in [7, 11) is 1.62. The molecule has 0 saturated carbocycles. The van der Waals surface area contributed by atoms with E-state index in [0.29, 0.717) is 37.6 Å². The summed E-state index contributed by atoms with van der Waals surface area (Å²) in [4.78, 5) is 17.8. The minimum Gasteiger partial charge on any atom is -0.352 e. The first-order chi connectivity index (χ1) is 13.7. The standard InChI is InChI=1S/C20H30F3N5O/c1-4-14(2)26-18(29)16-7-5-6-15(10-16)11-25-19(24-3)27-17-8-9-28(12-17)13-20(21,22)23/h5-7,10,14,17H,4,8-9,11-13H2,1-3H3,(H,26,29)(H2,24,25,27). The molecule has 1 fully saturated rings. The molecule has 2 atom stereocenters. The Morgan fingerprint density at radius 3 is 2.79 bits per heavy atom. The van der Waals surface area contributed by atoms with Gasteiger partial charge in [0.05, 0.1) is 6.54 Å². The van der Waals surface area contributed by atoms with Crippen LogP contribution in [0.3, 0.4) is 0 Å². The van der Waals surface area contributed by atoms with Gasteiger partial charge in [0.2, 0.25) is 0 Å². The number of carbonyl (C=O) groups excluding carboxylic acids is 1. The van der Waals surface area contributed by atoms with Crippen molar-refractivity contribution in [3.05, 3.63) is 35.4 Å². The summed E-state index contributed by atoms with van der Waals surface area (Å²) in [5.74, 6) is 0.415. The molecule has 29 heavy (non-hydrogen) atoms. The lowest BCUT2D eigenvalue weighted by Gasteiger charge is -2.20. The highest BCUT2D eigenvalue weighted by molar-refractivity contribution is 5.94. The zero-order valence-electron chi connectivity index (χ0n) is 17.1. The van der Waals surface area contributed by atoms with Crippen LogP contribution >= 0.6 is 0 Å². The predicted molar refractivity (Wildman–Crippen MR) is 108 cm³/mol. The summed E-state index contributed by atoms with van der Waals surface area (Å²) >= 11 is 0. The molecule has 0 bridgehead atoms. The molecule has 162 valence electrons. The number of guanidine groups is 1. The maximum Gasteiger partial charge on any atom is 0.401 e. The van der Waals surface area contributed by atoms with Gasteiger partial charge < -0.3 is 16.0 Å². The molecule has 1 aliphatic heterocycles. The normalized spacial score (nSPS) is 19.1. The lowest BCUT2D eigenvalue weighted by Crippen LogP contribution is -2.44. The lowest BCUT2D eigenvalue weighted by molar-refractivity contribution is -0.143. The number of aliphatic imine (C=N–C) groups is 1. The van der Waals surface area contributed by atoms with Gasteiger partial charge in [-0.3, -0.25) is 14.7 Å². The van der Waals surface area contributed by atoms with E-state index in [-0.39, 0.29) is 18.0 Å². The molecule has 1 aromatic rings. The molecular formula is C20H30F3N5O. The lowest BCUT2D eigenvalue weighted by atomic mass is 10.1. The quantitative estimate of drug-likeness (QED) is 0.475. The van der Waals surface area contributed by atoms with E-state index in [9.17, 15) is 18.0 Å². The van der Waals surface area contributed by atoms with Crippen molar-refractivity contribution < 1.29 is 18.0 Å². The largest absolute Gasteiger partial charge is 0.401 e. The number of hydrogen-bond acceptors (Lipinski definition) is 3. The fraction of sp³-hybridized carbons (Fsp3) is 0.600. The summed E-state index contributed by atoms with van der Waals surface area (Å²) in [6, 6.07) is 7.33. The first kappa shape index (κ1) is 23.0. The number of amides is 1. The number of benzene rings is 1. The van der Waals surface area contributed by atoms with Crippen LogP contribution in [0.15, 0.2) is 29.3 Å². The Morgan fingerprint density at radius 1 is 1.38 bits per heavy atom. The van der Waals surface area contributed by atoms with Gasteiger partial charge in [-0.05, 0) is 37.5 Å². The molecule has 0 aromatic heterocycles. The molecule has 1 saturated heterocycles. The molecule has 1 amide bonds. The molecule has 9 heteroatoms. The highest BCUT2D eigenvalue weighted by Gasteiger charge is 2.34. The van der Waals surface area contributed by atoms with Crippen LogP contribution < -0.4 is 16.0 Å². The topological polar surface area (TPSA) is 68.8 Å².